The first-order valence-corrected chi connectivity index (χ1v) is 6.17. The summed E-state index contributed by atoms with van der Waals surface area (Å²) in [5, 5.41) is 17.1. The number of phenolic OH excluding ortho intramolecular Hbond substituents is 1. The van der Waals surface area contributed by atoms with Gasteiger partial charge in [0.2, 0.25) is 0 Å². The number of nitrogens with zero attached hydrogens (tertiary/aromatic N) is 2. The summed E-state index contributed by atoms with van der Waals surface area (Å²) >= 11 is 0. The van der Waals surface area contributed by atoms with E-state index in [9.17, 15) is 5.11 Å². The van der Waals surface area contributed by atoms with Gasteiger partial charge in [-0.3, -0.25) is 4.68 Å². The summed E-state index contributed by atoms with van der Waals surface area (Å²) in [4.78, 5) is 0. The van der Waals surface area contributed by atoms with Gasteiger partial charge in [-0.1, -0.05) is 12.1 Å². The third kappa shape index (κ3) is 3.34. The molecule has 2 aromatic rings. The number of rotatable bonds is 5. The van der Waals surface area contributed by atoms with Crippen molar-refractivity contribution in [3.8, 4) is 5.75 Å². The second-order valence-corrected chi connectivity index (χ2v) is 4.61. The summed E-state index contributed by atoms with van der Waals surface area (Å²) in [6, 6.07) is 9.77. The van der Waals surface area contributed by atoms with Crippen molar-refractivity contribution >= 4 is 0 Å². The lowest BCUT2D eigenvalue weighted by Crippen LogP contribution is -2.32. The second-order valence-electron chi connectivity index (χ2n) is 4.61. The Hall–Kier alpha value is -1.81. The van der Waals surface area contributed by atoms with Crippen LogP contribution in [0.4, 0.5) is 0 Å². The zero-order valence-corrected chi connectivity index (χ0v) is 10.7. The molecule has 1 heterocycles. The van der Waals surface area contributed by atoms with Gasteiger partial charge in [0.1, 0.15) is 5.75 Å². The Balaban J connectivity index is 1.92. The van der Waals surface area contributed by atoms with E-state index in [1.165, 1.54) is 0 Å². The van der Waals surface area contributed by atoms with E-state index in [2.05, 4.69) is 24.3 Å². The number of aromatic nitrogens is 2. The molecule has 1 aromatic carbocycles. The van der Waals surface area contributed by atoms with Gasteiger partial charge in [0, 0.05) is 24.5 Å². The molecular formula is C14H19N3O. The van der Waals surface area contributed by atoms with Gasteiger partial charge in [0.05, 0.1) is 6.54 Å². The average Bonchev–Trinajstić information content (AvgIpc) is 2.81. The monoisotopic (exact) mass is 245 g/mol. The van der Waals surface area contributed by atoms with Crippen LogP contribution in [0.1, 0.15) is 25.5 Å². The molecular weight excluding hydrogens is 226 g/mol. The largest absolute Gasteiger partial charge is 0.508 e. The lowest BCUT2D eigenvalue weighted by molar-refractivity contribution is 0.411. The standard InChI is InChI=1S/C14H19N3O/c1-11(10-17-8-4-7-15-17)16-12(2)13-5-3-6-14(18)9-13/h3-9,11-12,16,18H,10H2,1-2H3/t11-,12-/m1/s1. The lowest BCUT2D eigenvalue weighted by Gasteiger charge is -2.20. The topological polar surface area (TPSA) is 50.1 Å². The number of benzene rings is 1. The van der Waals surface area contributed by atoms with E-state index < -0.39 is 0 Å². The van der Waals surface area contributed by atoms with Crippen molar-refractivity contribution in [1.29, 1.82) is 0 Å². The van der Waals surface area contributed by atoms with Crippen molar-refractivity contribution in [2.45, 2.75) is 32.5 Å². The molecule has 0 aliphatic carbocycles. The second kappa shape index (κ2) is 5.69. The number of phenols is 1. The summed E-state index contributed by atoms with van der Waals surface area (Å²) in [5.41, 5.74) is 1.09. The fourth-order valence-electron chi connectivity index (χ4n) is 2.06. The fourth-order valence-corrected chi connectivity index (χ4v) is 2.06. The van der Waals surface area contributed by atoms with Crippen LogP contribution in [0.5, 0.6) is 5.75 Å². The molecule has 1 aromatic heterocycles. The van der Waals surface area contributed by atoms with E-state index in [0.717, 1.165) is 12.1 Å². The van der Waals surface area contributed by atoms with Crippen LogP contribution in [0.25, 0.3) is 0 Å². The van der Waals surface area contributed by atoms with Gasteiger partial charge in [-0.2, -0.15) is 5.10 Å². The smallest absolute Gasteiger partial charge is 0.115 e. The van der Waals surface area contributed by atoms with Gasteiger partial charge in [0.25, 0.3) is 0 Å². The molecule has 0 aliphatic rings. The molecule has 0 saturated heterocycles. The minimum Gasteiger partial charge on any atom is -0.508 e. The van der Waals surface area contributed by atoms with Crippen LogP contribution in [0.2, 0.25) is 0 Å². The fraction of sp³-hybridized carbons (Fsp3) is 0.357. The Morgan fingerprint density at radius 3 is 2.83 bits per heavy atom. The van der Waals surface area contributed by atoms with E-state index in [1.54, 1.807) is 18.3 Å². The quantitative estimate of drug-likeness (QED) is 0.850. The molecule has 0 saturated carbocycles. The van der Waals surface area contributed by atoms with Crippen LogP contribution < -0.4 is 5.32 Å². The minimum absolute atomic E-state index is 0.197. The molecule has 2 N–H and O–H groups in total. The van der Waals surface area contributed by atoms with Crippen LogP contribution >= 0.6 is 0 Å². The Bertz CT molecular complexity index is 482. The lowest BCUT2D eigenvalue weighted by atomic mass is 10.1. The Morgan fingerprint density at radius 1 is 1.33 bits per heavy atom. The van der Waals surface area contributed by atoms with E-state index in [4.69, 9.17) is 0 Å². The van der Waals surface area contributed by atoms with E-state index >= 15 is 0 Å². The molecule has 0 bridgehead atoms. The van der Waals surface area contributed by atoms with Crippen molar-refractivity contribution < 1.29 is 5.11 Å². The summed E-state index contributed by atoms with van der Waals surface area (Å²) < 4.78 is 1.91. The molecule has 96 valence electrons. The highest BCUT2D eigenvalue weighted by Crippen LogP contribution is 2.18. The summed E-state index contributed by atoms with van der Waals surface area (Å²) in [6.07, 6.45) is 3.74. The molecule has 2 atom stereocenters. The van der Waals surface area contributed by atoms with Crippen LogP contribution in [0.15, 0.2) is 42.7 Å². The van der Waals surface area contributed by atoms with E-state index in [-0.39, 0.29) is 6.04 Å². The summed E-state index contributed by atoms with van der Waals surface area (Å²) in [6.45, 7) is 5.05. The third-order valence-electron chi connectivity index (χ3n) is 2.92. The van der Waals surface area contributed by atoms with E-state index in [1.807, 2.05) is 29.1 Å². The predicted octanol–water partition coefficient (Wildman–Crippen LogP) is 2.33. The molecule has 18 heavy (non-hydrogen) atoms. The SMILES string of the molecule is C[C@H](Cn1cccn1)N[C@H](C)c1cccc(O)c1. The van der Waals surface area contributed by atoms with Gasteiger partial charge < -0.3 is 10.4 Å². The first-order valence-electron chi connectivity index (χ1n) is 6.17. The third-order valence-corrected chi connectivity index (χ3v) is 2.92. The van der Waals surface area contributed by atoms with Crippen molar-refractivity contribution in [3.63, 3.8) is 0 Å². The molecule has 0 spiro atoms. The predicted molar refractivity (Wildman–Crippen MR) is 71.3 cm³/mol. The average molecular weight is 245 g/mol. The van der Waals surface area contributed by atoms with Gasteiger partial charge in [0.15, 0.2) is 0 Å². The van der Waals surface area contributed by atoms with Gasteiger partial charge >= 0.3 is 0 Å². The Morgan fingerprint density at radius 2 is 2.17 bits per heavy atom. The van der Waals surface area contributed by atoms with Crippen LogP contribution in [0.3, 0.4) is 0 Å². The van der Waals surface area contributed by atoms with Crippen molar-refractivity contribution in [3.05, 3.63) is 48.3 Å². The molecule has 2 rings (SSSR count). The van der Waals surface area contributed by atoms with Crippen LogP contribution in [-0.2, 0) is 6.54 Å². The first-order chi connectivity index (χ1) is 8.65. The highest BCUT2D eigenvalue weighted by Gasteiger charge is 2.10. The van der Waals surface area contributed by atoms with Crippen LogP contribution in [0, 0.1) is 0 Å². The first kappa shape index (κ1) is 12.6. The van der Waals surface area contributed by atoms with Gasteiger partial charge in [-0.25, -0.2) is 0 Å². The molecule has 0 radical (unpaired) electrons. The molecule has 0 fully saturated rings. The number of aromatic hydroxyl groups is 1. The highest BCUT2D eigenvalue weighted by atomic mass is 16.3. The minimum atomic E-state index is 0.197. The normalized spacial score (nSPS) is 14.3. The Kier molecular flexibility index (Phi) is 3.99. The molecule has 0 aliphatic heterocycles. The van der Waals surface area contributed by atoms with Crippen molar-refractivity contribution in [2.75, 3.05) is 0 Å². The molecule has 0 unspecified atom stereocenters. The van der Waals surface area contributed by atoms with Gasteiger partial charge in [-0.15, -0.1) is 0 Å². The zero-order valence-electron chi connectivity index (χ0n) is 10.7. The maximum absolute atomic E-state index is 9.46. The van der Waals surface area contributed by atoms with Gasteiger partial charge in [-0.05, 0) is 37.6 Å². The summed E-state index contributed by atoms with van der Waals surface area (Å²) in [5.74, 6) is 0.306. The Labute approximate surface area is 107 Å². The highest BCUT2D eigenvalue weighted by molar-refractivity contribution is 5.29. The maximum atomic E-state index is 9.46. The molecule has 0 amide bonds. The van der Waals surface area contributed by atoms with Crippen LogP contribution in [-0.4, -0.2) is 20.9 Å². The molecule has 4 nitrogen and oxygen atoms in total. The zero-order chi connectivity index (χ0) is 13.0. The number of nitrogens with one attached hydrogen (secondary N) is 1. The van der Waals surface area contributed by atoms with E-state index in [0.29, 0.717) is 11.8 Å². The number of hydrogen-bond donors (Lipinski definition) is 2. The maximum Gasteiger partial charge on any atom is 0.115 e. The van der Waals surface area contributed by atoms with Crippen molar-refractivity contribution in [2.24, 2.45) is 0 Å². The molecule has 4 heteroatoms. The summed E-state index contributed by atoms with van der Waals surface area (Å²) in [7, 11) is 0. The van der Waals surface area contributed by atoms with Crippen molar-refractivity contribution in [1.82, 2.24) is 15.1 Å². The number of hydrogen-bond acceptors (Lipinski definition) is 3.